The van der Waals surface area contributed by atoms with Gasteiger partial charge in [-0.3, -0.25) is 5.10 Å². The number of hydrogen-bond acceptors (Lipinski definition) is 4. The van der Waals surface area contributed by atoms with E-state index < -0.39 is 0 Å². The molecule has 0 spiro atoms. The van der Waals surface area contributed by atoms with Crippen molar-refractivity contribution >= 4 is 22.4 Å². The monoisotopic (exact) mass is 316 g/mol. The number of benzene rings is 2. The summed E-state index contributed by atoms with van der Waals surface area (Å²) < 4.78 is 5.21. The first-order chi connectivity index (χ1) is 11.8. The lowest BCUT2D eigenvalue weighted by molar-refractivity contribution is 0.415. The summed E-state index contributed by atoms with van der Waals surface area (Å²) in [7, 11) is 1.66. The van der Waals surface area contributed by atoms with Crippen LogP contribution in [0.25, 0.3) is 22.3 Å². The van der Waals surface area contributed by atoms with Crippen LogP contribution in [-0.4, -0.2) is 22.3 Å². The maximum atomic E-state index is 5.21. The van der Waals surface area contributed by atoms with Crippen LogP contribution >= 0.6 is 0 Å². The molecule has 24 heavy (non-hydrogen) atoms. The Morgan fingerprint density at radius 1 is 0.958 bits per heavy atom. The zero-order valence-electron chi connectivity index (χ0n) is 13.2. The van der Waals surface area contributed by atoms with Crippen molar-refractivity contribution in [1.29, 1.82) is 0 Å². The van der Waals surface area contributed by atoms with Crippen LogP contribution < -0.4 is 10.1 Å². The van der Waals surface area contributed by atoms with Gasteiger partial charge in [0.2, 0.25) is 0 Å². The molecule has 0 saturated carbocycles. The smallest absolute Gasteiger partial charge is 0.155 e. The highest BCUT2D eigenvalue weighted by molar-refractivity contribution is 5.93. The van der Waals surface area contributed by atoms with Crippen LogP contribution in [0.2, 0.25) is 0 Å². The molecule has 118 valence electrons. The van der Waals surface area contributed by atoms with Gasteiger partial charge in [0, 0.05) is 16.6 Å². The lowest BCUT2D eigenvalue weighted by Crippen LogP contribution is -1.91. The highest BCUT2D eigenvalue weighted by Crippen LogP contribution is 2.29. The fourth-order valence-electron chi connectivity index (χ4n) is 2.63. The summed E-state index contributed by atoms with van der Waals surface area (Å²) in [6.07, 6.45) is 1.80. The first-order valence-corrected chi connectivity index (χ1v) is 7.64. The molecule has 0 amide bonds. The molecular weight excluding hydrogens is 300 g/mol. The summed E-state index contributed by atoms with van der Waals surface area (Å²) in [6, 6.07) is 19.9. The van der Waals surface area contributed by atoms with Crippen molar-refractivity contribution in [3.8, 4) is 17.0 Å². The second kappa shape index (κ2) is 6.04. The van der Waals surface area contributed by atoms with Crippen molar-refractivity contribution in [3.63, 3.8) is 0 Å². The van der Waals surface area contributed by atoms with Gasteiger partial charge in [-0.1, -0.05) is 18.2 Å². The molecule has 0 aliphatic carbocycles. The molecule has 0 fully saturated rings. The number of aromatic nitrogens is 3. The molecule has 0 bridgehead atoms. The molecule has 0 atom stereocenters. The Hall–Kier alpha value is -3.34. The number of anilines is 2. The van der Waals surface area contributed by atoms with E-state index in [1.54, 1.807) is 13.3 Å². The van der Waals surface area contributed by atoms with E-state index in [0.29, 0.717) is 0 Å². The number of nitrogens with one attached hydrogen (secondary N) is 2. The number of para-hydroxylation sites is 1. The predicted octanol–water partition coefficient (Wildman–Crippen LogP) is 4.38. The van der Waals surface area contributed by atoms with E-state index in [1.165, 1.54) is 0 Å². The number of aromatic amines is 1. The summed E-state index contributed by atoms with van der Waals surface area (Å²) in [5.41, 5.74) is 4.59. The van der Waals surface area contributed by atoms with Crippen molar-refractivity contribution in [2.75, 3.05) is 12.4 Å². The Labute approximate surface area is 139 Å². The van der Waals surface area contributed by atoms with Crippen LogP contribution in [0.1, 0.15) is 0 Å². The van der Waals surface area contributed by atoms with Crippen LogP contribution in [0, 0.1) is 0 Å². The Bertz CT molecular complexity index is 962. The van der Waals surface area contributed by atoms with E-state index in [2.05, 4.69) is 26.6 Å². The van der Waals surface area contributed by atoms with Gasteiger partial charge in [0.05, 0.1) is 19.0 Å². The van der Waals surface area contributed by atoms with Gasteiger partial charge >= 0.3 is 0 Å². The van der Waals surface area contributed by atoms with Crippen LogP contribution in [0.3, 0.4) is 0 Å². The fraction of sp³-hybridized carbons (Fsp3) is 0.0526. The molecule has 0 aliphatic heterocycles. The highest BCUT2D eigenvalue weighted by Gasteiger charge is 2.10. The molecule has 2 N–H and O–H groups in total. The molecule has 2 aromatic carbocycles. The second-order valence-corrected chi connectivity index (χ2v) is 5.41. The van der Waals surface area contributed by atoms with Crippen LogP contribution in [-0.2, 0) is 0 Å². The summed E-state index contributed by atoms with van der Waals surface area (Å²) in [4.78, 5) is 4.45. The van der Waals surface area contributed by atoms with E-state index in [9.17, 15) is 0 Å². The van der Waals surface area contributed by atoms with Crippen molar-refractivity contribution in [2.45, 2.75) is 0 Å². The minimum absolute atomic E-state index is 0.763. The number of ether oxygens (including phenoxy) is 1. The van der Waals surface area contributed by atoms with E-state index in [-0.39, 0.29) is 0 Å². The minimum atomic E-state index is 0.763. The maximum absolute atomic E-state index is 5.21. The van der Waals surface area contributed by atoms with Gasteiger partial charge in [-0.25, -0.2) is 4.98 Å². The molecule has 5 nitrogen and oxygen atoms in total. The zero-order valence-corrected chi connectivity index (χ0v) is 13.2. The van der Waals surface area contributed by atoms with E-state index in [4.69, 9.17) is 4.74 Å². The van der Waals surface area contributed by atoms with E-state index in [0.717, 1.165) is 39.4 Å². The number of hydrogen-bond donors (Lipinski definition) is 2. The van der Waals surface area contributed by atoms with Gasteiger partial charge in [0.25, 0.3) is 0 Å². The average molecular weight is 316 g/mol. The molecule has 0 radical (unpaired) electrons. The average Bonchev–Trinajstić information content (AvgIpc) is 3.06. The minimum Gasteiger partial charge on any atom is -0.497 e. The van der Waals surface area contributed by atoms with Crippen molar-refractivity contribution in [1.82, 2.24) is 15.2 Å². The molecule has 4 rings (SSSR count). The van der Waals surface area contributed by atoms with Crippen LogP contribution in [0.15, 0.2) is 66.9 Å². The molecule has 5 heteroatoms. The normalized spacial score (nSPS) is 10.7. The molecule has 0 unspecified atom stereocenters. The fourth-order valence-corrected chi connectivity index (χ4v) is 2.63. The molecular formula is C19H16N4O. The summed E-state index contributed by atoms with van der Waals surface area (Å²) in [6.45, 7) is 0. The van der Waals surface area contributed by atoms with Crippen LogP contribution in [0.4, 0.5) is 11.4 Å². The Kier molecular flexibility index (Phi) is 3.59. The third kappa shape index (κ3) is 2.67. The first-order valence-electron chi connectivity index (χ1n) is 7.64. The number of methoxy groups -OCH3 is 1. The summed E-state index contributed by atoms with van der Waals surface area (Å²) >= 11 is 0. The van der Waals surface area contributed by atoms with Gasteiger partial charge in [-0.05, 0) is 42.5 Å². The first kappa shape index (κ1) is 14.3. The number of pyridine rings is 1. The molecule has 2 heterocycles. The maximum Gasteiger partial charge on any atom is 0.155 e. The third-order valence-electron chi connectivity index (χ3n) is 3.84. The summed E-state index contributed by atoms with van der Waals surface area (Å²) in [5, 5.41) is 11.7. The van der Waals surface area contributed by atoms with Gasteiger partial charge in [-0.2, -0.15) is 5.10 Å². The zero-order chi connectivity index (χ0) is 16.4. The Balaban J connectivity index is 1.72. The lowest BCUT2D eigenvalue weighted by atomic mass is 10.1. The predicted molar refractivity (Wildman–Crippen MR) is 95.6 cm³/mol. The molecule has 2 aromatic heterocycles. The third-order valence-corrected chi connectivity index (χ3v) is 3.84. The van der Waals surface area contributed by atoms with E-state index >= 15 is 0 Å². The standard InChI is InChI=1S/C19H16N4O/c1-24-16-9-7-13(8-10-16)18-17-11-15(12-20-19(17)23-22-18)21-14-5-3-2-4-6-14/h2-12,21H,1H3,(H,20,22,23). The SMILES string of the molecule is COc1ccc(-c2n[nH]c3ncc(Nc4ccccc4)cc23)cc1. The van der Waals surface area contributed by atoms with Gasteiger partial charge < -0.3 is 10.1 Å². The Morgan fingerprint density at radius 2 is 1.75 bits per heavy atom. The van der Waals surface area contributed by atoms with E-state index in [1.807, 2.05) is 54.6 Å². The van der Waals surface area contributed by atoms with Crippen molar-refractivity contribution < 1.29 is 4.74 Å². The molecule has 0 saturated heterocycles. The highest BCUT2D eigenvalue weighted by atomic mass is 16.5. The summed E-state index contributed by atoms with van der Waals surface area (Å²) in [5.74, 6) is 0.822. The Morgan fingerprint density at radius 3 is 2.50 bits per heavy atom. The quantitative estimate of drug-likeness (QED) is 0.586. The molecule has 4 aromatic rings. The number of H-pyrrole nitrogens is 1. The second-order valence-electron chi connectivity index (χ2n) is 5.41. The van der Waals surface area contributed by atoms with Crippen molar-refractivity contribution in [3.05, 3.63) is 66.9 Å². The number of rotatable bonds is 4. The van der Waals surface area contributed by atoms with Gasteiger partial charge in [0.1, 0.15) is 11.4 Å². The van der Waals surface area contributed by atoms with Crippen molar-refractivity contribution in [2.24, 2.45) is 0 Å². The van der Waals surface area contributed by atoms with Crippen LogP contribution in [0.5, 0.6) is 5.75 Å². The van der Waals surface area contributed by atoms with Gasteiger partial charge in [-0.15, -0.1) is 0 Å². The van der Waals surface area contributed by atoms with Gasteiger partial charge in [0.15, 0.2) is 5.65 Å². The lowest BCUT2D eigenvalue weighted by Gasteiger charge is -2.06. The largest absolute Gasteiger partial charge is 0.497 e. The number of fused-ring (bicyclic) bond motifs is 1. The number of nitrogens with zero attached hydrogens (tertiary/aromatic N) is 2. The molecule has 0 aliphatic rings. The topological polar surface area (TPSA) is 62.8 Å².